The highest BCUT2D eigenvalue weighted by atomic mass is 35.5. The summed E-state index contributed by atoms with van der Waals surface area (Å²) in [5.41, 5.74) is 3.90. The Morgan fingerprint density at radius 2 is 1.90 bits per heavy atom. The molecule has 8 nitrogen and oxygen atoms in total. The lowest BCUT2D eigenvalue weighted by atomic mass is 10.0. The summed E-state index contributed by atoms with van der Waals surface area (Å²) in [4.78, 5) is 12.1. The molecule has 2 aromatic heterocycles. The lowest BCUT2D eigenvalue weighted by molar-refractivity contribution is 0.00706. The van der Waals surface area contributed by atoms with Crippen molar-refractivity contribution in [3.05, 3.63) is 52.2 Å². The van der Waals surface area contributed by atoms with Crippen molar-refractivity contribution >= 4 is 22.8 Å². The number of halogens is 1. The topological polar surface area (TPSA) is 110 Å². The van der Waals surface area contributed by atoms with Crippen molar-refractivity contribution in [1.82, 2.24) is 15.0 Å². The highest BCUT2D eigenvalue weighted by Gasteiger charge is 2.48. The van der Waals surface area contributed by atoms with Crippen molar-refractivity contribution in [2.75, 3.05) is 13.2 Å². The number of benzene rings is 1. The molecule has 2 saturated heterocycles. The third-order valence-corrected chi connectivity index (χ3v) is 5.97. The molecular weight excluding hydrogens is 410 g/mol. The van der Waals surface area contributed by atoms with Crippen LogP contribution in [0.2, 0.25) is 5.02 Å². The SMILES string of the molecule is OCc1ccccc1CCc1nc2nc(O[C@@H]3CO[C@H]4[C@@H]3OC[C@H]4O)[nH]c2cc1Cl. The maximum Gasteiger partial charge on any atom is 0.296 e. The quantitative estimate of drug-likeness (QED) is 0.545. The molecule has 1 aromatic carbocycles. The van der Waals surface area contributed by atoms with E-state index in [4.69, 9.17) is 25.8 Å². The average Bonchev–Trinajstić information content (AvgIpc) is 3.43. The van der Waals surface area contributed by atoms with E-state index in [1.54, 1.807) is 6.07 Å². The van der Waals surface area contributed by atoms with Crippen molar-refractivity contribution in [2.45, 2.75) is 43.9 Å². The first kappa shape index (κ1) is 19.7. The maximum absolute atomic E-state index is 9.86. The number of rotatable bonds is 6. The van der Waals surface area contributed by atoms with E-state index in [1.807, 2.05) is 24.3 Å². The van der Waals surface area contributed by atoms with Gasteiger partial charge in [-0.2, -0.15) is 4.98 Å². The van der Waals surface area contributed by atoms with Gasteiger partial charge in [-0.3, -0.25) is 0 Å². The van der Waals surface area contributed by atoms with E-state index in [9.17, 15) is 10.2 Å². The van der Waals surface area contributed by atoms with Gasteiger partial charge in [0.15, 0.2) is 11.8 Å². The molecule has 4 atom stereocenters. The highest BCUT2D eigenvalue weighted by Crippen LogP contribution is 2.30. The van der Waals surface area contributed by atoms with E-state index in [1.165, 1.54) is 0 Å². The van der Waals surface area contributed by atoms with E-state index >= 15 is 0 Å². The molecule has 9 heteroatoms. The van der Waals surface area contributed by atoms with Crippen molar-refractivity contribution < 1.29 is 24.4 Å². The second-order valence-corrected chi connectivity index (χ2v) is 7.98. The molecule has 0 unspecified atom stereocenters. The Labute approximate surface area is 177 Å². The Morgan fingerprint density at radius 1 is 1.10 bits per heavy atom. The van der Waals surface area contributed by atoms with Gasteiger partial charge < -0.3 is 29.4 Å². The van der Waals surface area contributed by atoms with E-state index < -0.39 is 6.10 Å². The smallest absolute Gasteiger partial charge is 0.296 e. The summed E-state index contributed by atoms with van der Waals surface area (Å²) in [7, 11) is 0. The normalized spacial score (nSPS) is 25.7. The molecule has 0 aliphatic carbocycles. The molecule has 2 aliphatic rings. The third-order valence-electron chi connectivity index (χ3n) is 5.64. The van der Waals surface area contributed by atoms with Crippen LogP contribution < -0.4 is 4.74 Å². The van der Waals surface area contributed by atoms with Gasteiger partial charge in [0.1, 0.15) is 18.3 Å². The van der Waals surface area contributed by atoms with Gasteiger partial charge >= 0.3 is 0 Å². The summed E-state index contributed by atoms with van der Waals surface area (Å²) in [6.07, 6.45) is -0.311. The van der Waals surface area contributed by atoms with Gasteiger partial charge in [-0.15, -0.1) is 0 Å². The van der Waals surface area contributed by atoms with Crippen LogP contribution in [-0.4, -0.2) is 62.8 Å². The second-order valence-electron chi connectivity index (χ2n) is 7.58. The van der Waals surface area contributed by atoms with Gasteiger partial charge in [-0.25, -0.2) is 4.98 Å². The second kappa shape index (κ2) is 8.13. The minimum Gasteiger partial charge on any atom is -0.456 e. The van der Waals surface area contributed by atoms with Gasteiger partial charge in [0.2, 0.25) is 0 Å². The summed E-state index contributed by atoms with van der Waals surface area (Å²) in [5.74, 6) is 0. The zero-order chi connectivity index (χ0) is 20.7. The number of pyridine rings is 1. The monoisotopic (exact) mass is 431 g/mol. The Balaban J connectivity index is 1.32. The Hall–Kier alpha value is -2.23. The van der Waals surface area contributed by atoms with Crippen LogP contribution in [0.15, 0.2) is 30.3 Å². The van der Waals surface area contributed by atoms with Crippen LogP contribution in [0.3, 0.4) is 0 Å². The van der Waals surface area contributed by atoms with Gasteiger partial charge in [-0.05, 0) is 30.0 Å². The third kappa shape index (κ3) is 3.66. The first-order chi connectivity index (χ1) is 14.6. The molecule has 2 fully saturated rings. The number of H-pyrrole nitrogens is 1. The Morgan fingerprint density at radius 3 is 2.73 bits per heavy atom. The summed E-state index contributed by atoms with van der Waals surface area (Å²) in [6.45, 7) is 0.576. The molecule has 158 valence electrons. The summed E-state index contributed by atoms with van der Waals surface area (Å²) >= 11 is 6.44. The van der Waals surface area contributed by atoms with E-state index in [0.29, 0.717) is 41.6 Å². The number of fused-ring (bicyclic) bond motifs is 2. The number of nitrogens with one attached hydrogen (secondary N) is 1. The molecule has 0 spiro atoms. The summed E-state index contributed by atoms with van der Waals surface area (Å²) in [6, 6.07) is 9.88. The molecule has 3 aromatic rings. The van der Waals surface area contributed by atoms with Crippen LogP contribution in [0.5, 0.6) is 6.01 Å². The number of hydrogen-bond donors (Lipinski definition) is 3. The van der Waals surface area contributed by atoms with Crippen LogP contribution in [0.25, 0.3) is 11.2 Å². The molecule has 3 N–H and O–H groups in total. The van der Waals surface area contributed by atoms with Crippen molar-refractivity contribution in [3.8, 4) is 6.01 Å². The number of aromatic amines is 1. The standard InChI is InChI=1S/C21H22ClN3O5/c22-13-7-15-20(23-14(13)6-5-11-3-1-2-4-12(11)8-26)25-21(24-15)30-17-10-29-18-16(27)9-28-19(17)18/h1-4,7,16-19,26-27H,5-6,8-10H2,(H,23,24,25)/t16-,17-,18-,19-/m1/s1. The highest BCUT2D eigenvalue weighted by molar-refractivity contribution is 6.31. The predicted molar refractivity (Wildman–Crippen MR) is 109 cm³/mol. The largest absolute Gasteiger partial charge is 0.456 e. The van der Waals surface area contributed by atoms with E-state index in [0.717, 1.165) is 16.8 Å². The number of aliphatic hydroxyl groups is 2. The summed E-state index contributed by atoms with van der Waals surface area (Å²) < 4.78 is 17.1. The zero-order valence-corrected chi connectivity index (χ0v) is 16.9. The van der Waals surface area contributed by atoms with E-state index in [2.05, 4.69) is 15.0 Å². The fourth-order valence-electron chi connectivity index (χ4n) is 4.06. The summed E-state index contributed by atoms with van der Waals surface area (Å²) in [5, 5.41) is 19.9. The molecule has 0 amide bonds. The molecule has 4 heterocycles. The first-order valence-corrected chi connectivity index (χ1v) is 10.3. The molecule has 0 bridgehead atoms. The average molecular weight is 432 g/mol. The minimum absolute atomic E-state index is 0.00388. The number of hydrogen-bond acceptors (Lipinski definition) is 7. The molecule has 30 heavy (non-hydrogen) atoms. The number of imidazole rings is 1. The van der Waals surface area contributed by atoms with Gasteiger partial charge in [0.25, 0.3) is 6.01 Å². The number of aryl methyl sites for hydroxylation is 2. The van der Waals surface area contributed by atoms with Crippen LogP contribution in [0.1, 0.15) is 16.8 Å². The lowest BCUT2D eigenvalue weighted by Gasteiger charge is -2.15. The minimum atomic E-state index is -0.627. The van der Waals surface area contributed by atoms with Crippen molar-refractivity contribution in [3.63, 3.8) is 0 Å². The number of aliphatic hydroxyl groups excluding tert-OH is 2. The molecule has 2 aliphatic heterocycles. The number of ether oxygens (including phenoxy) is 3. The van der Waals surface area contributed by atoms with Crippen molar-refractivity contribution in [2.24, 2.45) is 0 Å². The van der Waals surface area contributed by atoms with Crippen LogP contribution >= 0.6 is 11.6 Å². The molecule has 0 saturated carbocycles. The number of nitrogens with zero attached hydrogens (tertiary/aromatic N) is 2. The Bertz CT molecular complexity index is 1060. The fraction of sp³-hybridized carbons (Fsp3) is 0.429. The molecular formula is C21H22ClN3O5. The fourth-order valence-corrected chi connectivity index (χ4v) is 4.31. The van der Waals surface area contributed by atoms with Gasteiger partial charge in [0, 0.05) is 0 Å². The predicted octanol–water partition coefficient (Wildman–Crippen LogP) is 1.79. The zero-order valence-electron chi connectivity index (χ0n) is 16.1. The maximum atomic E-state index is 9.86. The number of aromatic nitrogens is 3. The molecule has 0 radical (unpaired) electrons. The van der Waals surface area contributed by atoms with Crippen molar-refractivity contribution in [1.29, 1.82) is 0 Å². The van der Waals surface area contributed by atoms with Crippen LogP contribution in [0.4, 0.5) is 0 Å². The first-order valence-electron chi connectivity index (χ1n) is 9.93. The Kier molecular flexibility index (Phi) is 5.34. The van der Waals surface area contributed by atoms with E-state index in [-0.39, 0.29) is 31.5 Å². The van der Waals surface area contributed by atoms with Gasteiger partial charge in [0.05, 0.1) is 36.1 Å². The van der Waals surface area contributed by atoms with Crippen LogP contribution in [-0.2, 0) is 28.9 Å². The van der Waals surface area contributed by atoms with Gasteiger partial charge in [-0.1, -0.05) is 35.9 Å². The molecule has 5 rings (SSSR count). The van der Waals surface area contributed by atoms with Crippen LogP contribution in [0, 0.1) is 0 Å². The lowest BCUT2D eigenvalue weighted by Crippen LogP contribution is -2.34.